The molecule has 0 aliphatic heterocycles. The molecule has 0 saturated carbocycles. The number of benzene rings is 1. The summed E-state index contributed by atoms with van der Waals surface area (Å²) in [6.45, 7) is 0. The fourth-order valence-electron chi connectivity index (χ4n) is 1.34. The molecule has 0 saturated heterocycles. The van der Waals surface area contributed by atoms with Crippen LogP contribution in [0.25, 0.3) is 11.1 Å². The van der Waals surface area contributed by atoms with E-state index in [1.807, 2.05) is 6.07 Å². The predicted octanol–water partition coefficient (Wildman–Crippen LogP) is 3.41. The number of nitrogens with zero attached hydrogens (tertiary/aromatic N) is 2. The molecule has 16 heavy (non-hydrogen) atoms. The van der Waals surface area contributed by atoms with E-state index in [4.69, 9.17) is 16.9 Å². The maximum Gasteiger partial charge on any atom is 0.140 e. The summed E-state index contributed by atoms with van der Waals surface area (Å²) in [4.78, 5) is 3.88. The van der Waals surface area contributed by atoms with Crippen molar-refractivity contribution >= 4 is 11.6 Å². The van der Waals surface area contributed by atoms with Crippen LogP contribution in [0.4, 0.5) is 4.39 Å². The molecule has 2 rings (SSSR count). The number of nitriles is 1. The SMILES string of the molecule is N#Cc1ccc(-c2ccc(Cl)cc2F)cn1. The summed E-state index contributed by atoms with van der Waals surface area (Å²) in [7, 11) is 0. The van der Waals surface area contributed by atoms with Gasteiger partial charge in [-0.05, 0) is 30.3 Å². The van der Waals surface area contributed by atoms with Crippen LogP contribution < -0.4 is 0 Å². The van der Waals surface area contributed by atoms with Gasteiger partial charge in [0.2, 0.25) is 0 Å². The third-order valence-corrected chi connectivity index (χ3v) is 2.36. The molecule has 78 valence electrons. The second-order valence-corrected chi connectivity index (χ2v) is 3.60. The zero-order valence-electron chi connectivity index (χ0n) is 8.11. The van der Waals surface area contributed by atoms with Crippen molar-refractivity contribution in [2.75, 3.05) is 0 Å². The molecule has 0 unspecified atom stereocenters. The first-order valence-electron chi connectivity index (χ1n) is 4.52. The average Bonchev–Trinajstić information content (AvgIpc) is 2.29. The van der Waals surface area contributed by atoms with Gasteiger partial charge in [-0.15, -0.1) is 0 Å². The fraction of sp³-hybridized carbons (Fsp3) is 0. The van der Waals surface area contributed by atoms with E-state index in [0.29, 0.717) is 21.8 Å². The second kappa shape index (κ2) is 4.30. The Hall–Kier alpha value is -1.92. The number of pyridine rings is 1. The Bertz CT molecular complexity index is 558. The number of hydrogen-bond donors (Lipinski definition) is 0. The Morgan fingerprint density at radius 2 is 2.06 bits per heavy atom. The molecule has 0 atom stereocenters. The lowest BCUT2D eigenvalue weighted by Crippen LogP contribution is -1.87. The Morgan fingerprint density at radius 3 is 2.62 bits per heavy atom. The minimum Gasteiger partial charge on any atom is -0.245 e. The van der Waals surface area contributed by atoms with Gasteiger partial charge >= 0.3 is 0 Å². The van der Waals surface area contributed by atoms with Crippen LogP contribution >= 0.6 is 11.6 Å². The minimum atomic E-state index is -0.404. The molecule has 0 radical (unpaired) electrons. The number of aromatic nitrogens is 1. The van der Waals surface area contributed by atoms with Crippen molar-refractivity contribution in [3.63, 3.8) is 0 Å². The number of hydrogen-bond acceptors (Lipinski definition) is 2. The largest absolute Gasteiger partial charge is 0.245 e. The van der Waals surface area contributed by atoms with Crippen molar-refractivity contribution in [1.82, 2.24) is 4.98 Å². The average molecular weight is 233 g/mol. The minimum absolute atomic E-state index is 0.304. The van der Waals surface area contributed by atoms with Gasteiger partial charge in [0.1, 0.15) is 17.6 Å². The molecular weight excluding hydrogens is 227 g/mol. The highest BCUT2D eigenvalue weighted by Crippen LogP contribution is 2.24. The van der Waals surface area contributed by atoms with Gasteiger partial charge in [0.15, 0.2) is 0 Å². The highest BCUT2D eigenvalue weighted by Gasteiger charge is 2.05. The van der Waals surface area contributed by atoms with E-state index in [0.717, 1.165) is 0 Å². The maximum absolute atomic E-state index is 13.5. The van der Waals surface area contributed by atoms with Crippen molar-refractivity contribution in [2.45, 2.75) is 0 Å². The summed E-state index contributed by atoms with van der Waals surface area (Å²) in [5.74, 6) is -0.404. The summed E-state index contributed by atoms with van der Waals surface area (Å²) in [6, 6.07) is 9.54. The quantitative estimate of drug-likeness (QED) is 0.756. The Labute approximate surface area is 96.9 Å². The molecule has 1 aromatic carbocycles. The summed E-state index contributed by atoms with van der Waals surface area (Å²) >= 11 is 5.65. The van der Waals surface area contributed by atoms with Crippen molar-refractivity contribution in [1.29, 1.82) is 5.26 Å². The number of halogens is 2. The lowest BCUT2D eigenvalue weighted by Gasteiger charge is -2.03. The highest BCUT2D eigenvalue weighted by atomic mass is 35.5. The predicted molar refractivity (Wildman–Crippen MR) is 59.4 cm³/mol. The molecule has 0 aliphatic carbocycles. The Kier molecular flexibility index (Phi) is 2.84. The van der Waals surface area contributed by atoms with Crippen molar-refractivity contribution < 1.29 is 4.39 Å². The molecular formula is C12H6ClFN2. The van der Waals surface area contributed by atoms with E-state index >= 15 is 0 Å². The van der Waals surface area contributed by atoms with Crippen LogP contribution in [0.3, 0.4) is 0 Å². The summed E-state index contributed by atoms with van der Waals surface area (Å²) in [5, 5.41) is 8.94. The molecule has 1 aromatic heterocycles. The van der Waals surface area contributed by atoms with Crippen molar-refractivity contribution in [3.05, 3.63) is 53.1 Å². The summed E-state index contributed by atoms with van der Waals surface area (Å²) in [6.07, 6.45) is 1.46. The van der Waals surface area contributed by atoms with Crippen molar-refractivity contribution in [3.8, 4) is 17.2 Å². The molecule has 2 nitrogen and oxygen atoms in total. The lowest BCUT2D eigenvalue weighted by atomic mass is 10.1. The van der Waals surface area contributed by atoms with Crippen LogP contribution in [0.1, 0.15) is 5.69 Å². The molecule has 0 aliphatic rings. The maximum atomic E-state index is 13.5. The first kappa shape index (κ1) is 10.6. The molecule has 0 fully saturated rings. The summed E-state index contributed by atoms with van der Waals surface area (Å²) < 4.78 is 13.5. The monoisotopic (exact) mass is 232 g/mol. The van der Waals surface area contributed by atoms with Crippen LogP contribution in [-0.2, 0) is 0 Å². The van der Waals surface area contributed by atoms with Gasteiger partial charge in [0.25, 0.3) is 0 Å². The van der Waals surface area contributed by atoms with E-state index in [1.165, 1.54) is 12.3 Å². The first-order valence-corrected chi connectivity index (χ1v) is 4.90. The van der Waals surface area contributed by atoms with Crippen LogP contribution in [0.2, 0.25) is 5.02 Å². The van der Waals surface area contributed by atoms with Crippen LogP contribution in [0, 0.1) is 17.1 Å². The molecule has 0 N–H and O–H groups in total. The molecule has 0 amide bonds. The molecule has 4 heteroatoms. The highest BCUT2D eigenvalue weighted by molar-refractivity contribution is 6.30. The van der Waals surface area contributed by atoms with E-state index in [-0.39, 0.29) is 0 Å². The van der Waals surface area contributed by atoms with Gasteiger partial charge in [0, 0.05) is 22.3 Å². The van der Waals surface area contributed by atoms with Crippen LogP contribution in [-0.4, -0.2) is 4.98 Å². The summed E-state index contributed by atoms with van der Waals surface area (Å²) in [5.41, 5.74) is 1.34. The Morgan fingerprint density at radius 1 is 1.25 bits per heavy atom. The zero-order valence-corrected chi connectivity index (χ0v) is 8.87. The van der Waals surface area contributed by atoms with E-state index < -0.39 is 5.82 Å². The van der Waals surface area contributed by atoms with Gasteiger partial charge in [-0.2, -0.15) is 5.26 Å². The van der Waals surface area contributed by atoms with E-state index in [9.17, 15) is 4.39 Å². The molecule has 1 heterocycles. The first-order chi connectivity index (χ1) is 7.70. The third-order valence-electron chi connectivity index (χ3n) is 2.12. The molecule has 0 bridgehead atoms. The van der Waals surface area contributed by atoms with E-state index in [2.05, 4.69) is 4.98 Å². The van der Waals surface area contributed by atoms with Crippen LogP contribution in [0.15, 0.2) is 36.5 Å². The Balaban J connectivity index is 2.47. The lowest BCUT2D eigenvalue weighted by molar-refractivity contribution is 0.631. The van der Waals surface area contributed by atoms with Crippen LogP contribution in [0.5, 0.6) is 0 Å². The standard InChI is InChI=1S/C12H6ClFN2/c13-9-2-4-11(12(14)5-9)8-1-3-10(6-15)16-7-8/h1-5,7H. The van der Waals surface area contributed by atoms with Gasteiger partial charge in [-0.3, -0.25) is 0 Å². The zero-order chi connectivity index (χ0) is 11.5. The number of rotatable bonds is 1. The topological polar surface area (TPSA) is 36.7 Å². The van der Waals surface area contributed by atoms with Gasteiger partial charge in [-0.25, -0.2) is 9.37 Å². The third kappa shape index (κ3) is 2.02. The van der Waals surface area contributed by atoms with Gasteiger partial charge < -0.3 is 0 Å². The van der Waals surface area contributed by atoms with Crippen molar-refractivity contribution in [2.24, 2.45) is 0 Å². The smallest absolute Gasteiger partial charge is 0.140 e. The normalized spacial score (nSPS) is 9.81. The van der Waals surface area contributed by atoms with E-state index in [1.54, 1.807) is 24.3 Å². The van der Waals surface area contributed by atoms with Gasteiger partial charge in [0.05, 0.1) is 0 Å². The second-order valence-electron chi connectivity index (χ2n) is 3.17. The molecule has 2 aromatic rings. The molecule has 0 spiro atoms. The van der Waals surface area contributed by atoms with Gasteiger partial charge in [-0.1, -0.05) is 11.6 Å². The fourth-order valence-corrected chi connectivity index (χ4v) is 1.50.